The van der Waals surface area contributed by atoms with E-state index in [2.05, 4.69) is 13.8 Å². The van der Waals surface area contributed by atoms with Crippen LogP contribution in [-0.4, -0.2) is 45.2 Å². The first-order valence-electron chi connectivity index (χ1n) is 11.3. The van der Waals surface area contributed by atoms with Gasteiger partial charge in [0.2, 0.25) is 10.0 Å². The van der Waals surface area contributed by atoms with E-state index in [4.69, 9.17) is 0 Å². The zero-order chi connectivity index (χ0) is 22.4. The van der Waals surface area contributed by atoms with Gasteiger partial charge in [0.1, 0.15) is 0 Å². The van der Waals surface area contributed by atoms with E-state index in [1.54, 1.807) is 30.3 Å². The molecule has 0 radical (unpaired) electrons. The predicted molar refractivity (Wildman–Crippen MR) is 124 cm³/mol. The Morgan fingerprint density at radius 1 is 0.867 bits per heavy atom. The van der Waals surface area contributed by atoms with Crippen molar-refractivity contribution in [2.75, 3.05) is 18.8 Å². The number of unbranched alkanes of at least 4 members (excludes halogenated alkanes) is 4. The molecule has 1 saturated heterocycles. The molecule has 30 heavy (non-hydrogen) atoms. The van der Waals surface area contributed by atoms with Gasteiger partial charge in [-0.05, 0) is 69.1 Å². The zero-order valence-corrected chi connectivity index (χ0v) is 20.6. The molecule has 0 aromatic heterocycles. The van der Waals surface area contributed by atoms with Crippen molar-refractivity contribution in [2.24, 2.45) is 11.8 Å². The van der Waals surface area contributed by atoms with Crippen LogP contribution in [0.1, 0.15) is 71.8 Å². The molecular weight excluding hydrogens is 418 g/mol. The highest BCUT2D eigenvalue weighted by Crippen LogP contribution is 2.27. The van der Waals surface area contributed by atoms with Crippen LogP contribution in [0.2, 0.25) is 0 Å². The first kappa shape index (κ1) is 25.3. The largest absolute Gasteiger partial charge is 0.243 e. The maximum absolute atomic E-state index is 12.9. The molecule has 1 aliphatic heterocycles. The summed E-state index contributed by atoms with van der Waals surface area (Å²) in [6, 6.07) is 7.34. The van der Waals surface area contributed by atoms with E-state index in [1.807, 2.05) is 12.1 Å². The Labute approximate surface area is 184 Å². The van der Waals surface area contributed by atoms with Gasteiger partial charge in [0.05, 0.1) is 15.9 Å². The molecule has 0 N–H and O–H groups in total. The Bertz CT molecular complexity index is 851. The van der Waals surface area contributed by atoms with E-state index in [-0.39, 0.29) is 11.0 Å². The Morgan fingerprint density at radius 2 is 1.40 bits per heavy atom. The molecule has 0 unspecified atom stereocenters. The topological polar surface area (TPSA) is 71.5 Å². The van der Waals surface area contributed by atoms with Gasteiger partial charge in [-0.3, -0.25) is 0 Å². The quantitative estimate of drug-likeness (QED) is 0.453. The number of sulfonamides is 1. The average molecular weight is 458 g/mol. The van der Waals surface area contributed by atoms with Crippen molar-refractivity contribution in [1.82, 2.24) is 4.31 Å². The lowest BCUT2D eigenvalue weighted by Gasteiger charge is -2.34. The minimum atomic E-state index is -3.41. The standard InChI is InChI=1S/C23H39NO4S2/c1-19(2)29(25,26)15-9-7-5-6-8-10-22-11-13-23(14-12-22)30(27,28)24-17-20(3)16-21(4)18-24/h11-14,19-21H,5-10,15-18H2,1-4H3/t20-,21+. The van der Waals surface area contributed by atoms with Gasteiger partial charge in [-0.2, -0.15) is 4.31 Å². The van der Waals surface area contributed by atoms with Crippen molar-refractivity contribution >= 4 is 19.9 Å². The third-order valence-corrected chi connectivity index (χ3v) is 10.1. The summed E-state index contributed by atoms with van der Waals surface area (Å²) < 4.78 is 51.1. The van der Waals surface area contributed by atoms with Gasteiger partial charge >= 0.3 is 0 Å². The normalized spacial score (nSPS) is 21.2. The van der Waals surface area contributed by atoms with E-state index in [9.17, 15) is 16.8 Å². The SMILES string of the molecule is CC(C)S(=O)(=O)CCCCCCCc1ccc(S(=O)(=O)N2C[C@H](C)C[C@H](C)C2)cc1. The summed E-state index contributed by atoms with van der Waals surface area (Å²) in [4.78, 5) is 0.388. The summed E-state index contributed by atoms with van der Waals surface area (Å²) in [6.45, 7) is 8.91. The number of aryl methyl sites for hydroxylation is 1. The third kappa shape index (κ3) is 7.34. The van der Waals surface area contributed by atoms with Crippen LogP contribution in [0.5, 0.6) is 0 Å². The fourth-order valence-electron chi connectivity index (χ4n) is 4.18. The molecular formula is C23H39NO4S2. The summed E-state index contributed by atoms with van der Waals surface area (Å²) in [5.74, 6) is 1.08. The van der Waals surface area contributed by atoms with Gasteiger partial charge in [-0.1, -0.05) is 45.2 Å². The lowest BCUT2D eigenvalue weighted by Crippen LogP contribution is -2.42. The molecule has 2 atom stereocenters. The van der Waals surface area contributed by atoms with Crippen molar-refractivity contribution in [1.29, 1.82) is 0 Å². The number of hydrogen-bond donors (Lipinski definition) is 0. The van der Waals surface area contributed by atoms with Crippen molar-refractivity contribution in [2.45, 2.75) is 82.8 Å². The molecule has 5 nitrogen and oxygen atoms in total. The molecule has 172 valence electrons. The molecule has 0 saturated carbocycles. The van der Waals surface area contributed by atoms with Crippen LogP contribution in [0.15, 0.2) is 29.2 Å². The van der Waals surface area contributed by atoms with Crippen molar-refractivity contribution in [3.05, 3.63) is 29.8 Å². The summed E-state index contributed by atoms with van der Waals surface area (Å²) in [5.41, 5.74) is 1.15. The van der Waals surface area contributed by atoms with E-state index in [1.165, 1.54) is 0 Å². The molecule has 2 rings (SSSR count). The number of hydrogen-bond acceptors (Lipinski definition) is 4. The van der Waals surface area contributed by atoms with E-state index in [0.717, 1.165) is 50.5 Å². The van der Waals surface area contributed by atoms with Gasteiger partial charge in [-0.15, -0.1) is 0 Å². The number of benzene rings is 1. The maximum atomic E-state index is 12.9. The second-order valence-electron chi connectivity index (χ2n) is 9.35. The number of sulfone groups is 1. The summed E-state index contributed by atoms with van der Waals surface area (Å²) in [7, 11) is -6.33. The molecule has 0 bridgehead atoms. The number of rotatable bonds is 11. The van der Waals surface area contributed by atoms with Crippen molar-refractivity contribution in [3.8, 4) is 0 Å². The number of piperidine rings is 1. The molecule has 1 aliphatic rings. The van der Waals surface area contributed by atoms with Crippen LogP contribution >= 0.6 is 0 Å². The van der Waals surface area contributed by atoms with Crippen LogP contribution in [0.3, 0.4) is 0 Å². The second-order valence-corrected chi connectivity index (χ2v) is 14.0. The van der Waals surface area contributed by atoms with Crippen molar-refractivity contribution < 1.29 is 16.8 Å². The molecule has 0 aliphatic carbocycles. The summed E-state index contributed by atoms with van der Waals surface area (Å²) in [6.07, 6.45) is 6.80. The zero-order valence-electron chi connectivity index (χ0n) is 19.0. The minimum absolute atomic E-state index is 0.286. The smallest absolute Gasteiger partial charge is 0.229 e. The fourth-order valence-corrected chi connectivity index (χ4v) is 6.94. The van der Waals surface area contributed by atoms with E-state index < -0.39 is 19.9 Å². The van der Waals surface area contributed by atoms with E-state index >= 15 is 0 Å². The van der Waals surface area contributed by atoms with Gasteiger partial charge in [0, 0.05) is 13.1 Å². The molecule has 1 fully saturated rings. The third-order valence-electron chi connectivity index (χ3n) is 6.01. The highest BCUT2D eigenvalue weighted by atomic mass is 32.2. The Hall–Kier alpha value is -0.920. The molecule has 1 aromatic rings. The van der Waals surface area contributed by atoms with Gasteiger partial charge in [0.15, 0.2) is 9.84 Å². The van der Waals surface area contributed by atoms with Gasteiger partial charge < -0.3 is 0 Å². The van der Waals surface area contributed by atoms with Crippen LogP contribution < -0.4 is 0 Å². The number of nitrogens with zero attached hydrogens (tertiary/aromatic N) is 1. The Morgan fingerprint density at radius 3 is 1.97 bits per heavy atom. The van der Waals surface area contributed by atoms with Crippen LogP contribution in [0.4, 0.5) is 0 Å². The maximum Gasteiger partial charge on any atom is 0.243 e. The predicted octanol–water partition coefficient (Wildman–Crippen LogP) is 4.67. The Balaban J connectivity index is 1.76. The molecule has 1 aromatic carbocycles. The fraction of sp³-hybridized carbons (Fsp3) is 0.739. The molecule has 1 heterocycles. The lowest BCUT2D eigenvalue weighted by molar-refractivity contribution is 0.222. The first-order valence-corrected chi connectivity index (χ1v) is 14.5. The van der Waals surface area contributed by atoms with Gasteiger partial charge in [0.25, 0.3) is 0 Å². The molecule has 0 amide bonds. The van der Waals surface area contributed by atoms with Crippen LogP contribution in [0.25, 0.3) is 0 Å². The van der Waals surface area contributed by atoms with Crippen LogP contribution in [0, 0.1) is 11.8 Å². The summed E-state index contributed by atoms with van der Waals surface area (Å²) >= 11 is 0. The summed E-state index contributed by atoms with van der Waals surface area (Å²) in [5, 5.41) is -0.286. The minimum Gasteiger partial charge on any atom is -0.229 e. The second kappa shape index (κ2) is 11.1. The van der Waals surface area contributed by atoms with Crippen LogP contribution in [-0.2, 0) is 26.3 Å². The highest BCUT2D eigenvalue weighted by molar-refractivity contribution is 7.91. The monoisotopic (exact) mass is 457 g/mol. The molecule has 0 spiro atoms. The Kier molecular flexibility index (Phi) is 9.37. The van der Waals surface area contributed by atoms with Crippen molar-refractivity contribution in [3.63, 3.8) is 0 Å². The highest BCUT2D eigenvalue weighted by Gasteiger charge is 2.31. The first-order chi connectivity index (χ1) is 14.0. The average Bonchev–Trinajstić information content (AvgIpc) is 2.66. The lowest BCUT2D eigenvalue weighted by atomic mass is 9.94. The van der Waals surface area contributed by atoms with E-state index in [0.29, 0.717) is 29.8 Å². The van der Waals surface area contributed by atoms with Gasteiger partial charge in [-0.25, -0.2) is 16.8 Å². The molecule has 7 heteroatoms.